The summed E-state index contributed by atoms with van der Waals surface area (Å²) < 4.78 is 0. The molecule has 2 rings (SSSR count). The lowest BCUT2D eigenvalue weighted by atomic mass is 10.2. The summed E-state index contributed by atoms with van der Waals surface area (Å²) in [5.41, 5.74) is 6.59. The van der Waals surface area contributed by atoms with Crippen molar-refractivity contribution in [3.63, 3.8) is 0 Å². The Kier molecular flexibility index (Phi) is 4.82. The Hall–Kier alpha value is -3.21. The Bertz CT molecular complexity index is 709. The van der Waals surface area contributed by atoms with Gasteiger partial charge in [0.15, 0.2) is 0 Å². The largest absolute Gasteiger partial charge is 0.508 e. The third kappa shape index (κ3) is 4.14. The molecule has 0 unspecified atom stereocenters. The van der Waals surface area contributed by atoms with E-state index in [2.05, 4.69) is 17.4 Å². The van der Waals surface area contributed by atoms with Gasteiger partial charge in [0.25, 0.3) is 5.91 Å². The van der Waals surface area contributed by atoms with Gasteiger partial charge in [-0.05, 0) is 23.8 Å². The second-order valence-corrected chi connectivity index (χ2v) is 4.55. The molecule has 0 fully saturated rings. The monoisotopic (exact) mass is 296 g/mol. The third-order valence-electron chi connectivity index (χ3n) is 2.84. The second kappa shape index (κ2) is 6.99. The van der Waals surface area contributed by atoms with Gasteiger partial charge in [-0.2, -0.15) is 0 Å². The SMILES string of the molecule is C=C(C=Cc1ccccc1)NNC(=O)c1ccc(O)cc1O. The smallest absolute Gasteiger partial charge is 0.273 e. The quantitative estimate of drug-likeness (QED) is 0.505. The minimum Gasteiger partial charge on any atom is -0.508 e. The molecule has 4 N–H and O–H groups in total. The fourth-order valence-electron chi connectivity index (χ4n) is 1.72. The number of allylic oxidation sites excluding steroid dienone is 1. The van der Waals surface area contributed by atoms with Gasteiger partial charge in [0.2, 0.25) is 0 Å². The van der Waals surface area contributed by atoms with Crippen LogP contribution in [0.2, 0.25) is 0 Å². The molecule has 0 atom stereocenters. The molecule has 1 amide bonds. The van der Waals surface area contributed by atoms with E-state index < -0.39 is 5.91 Å². The van der Waals surface area contributed by atoms with Gasteiger partial charge in [0.05, 0.1) is 5.56 Å². The van der Waals surface area contributed by atoms with E-state index >= 15 is 0 Å². The van der Waals surface area contributed by atoms with Crippen molar-refractivity contribution in [1.82, 2.24) is 10.9 Å². The maximum atomic E-state index is 11.9. The maximum absolute atomic E-state index is 11.9. The average Bonchev–Trinajstić information content (AvgIpc) is 2.51. The van der Waals surface area contributed by atoms with Crippen molar-refractivity contribution < 1.29 is 15.0 Å². The number of rotatable bonds is 5. The Morgan fingerprint density at radius 2 is 1.77 bits per heavy atom. The van der Waals surface area contributed by atoms with Crippen molar-refractivity contribution in [2.24, 2.45) is 0 Å². The zero-order chi connectivity index (χ0) is 15.9. The predicted octanol–water partition coefficient (Wildman–Crippen LogP) is 2.56. The minimum absolute atomic E-state index is 0.0464. The summed E-state index contributed by atoms with van der Waals surface area (Å²) in [6.07, 6.45) is 3.56. The first-order valence-electron chi connectivity index (χ1n) is 6.56. The van der Waals surface area contributed by atoms with Gasteiger partial charge in [0, 0.05) is 11.8 Å². The standard InChI is InChI=1S/C17H16N2O3/c1-12(7-8-13-5-3-2-4-6-13)18-19-17(22)15-10-9-14(20)11-16(15)21/h2-11,18,20-21H,1H2,(H,19,22). The molecule has 5 nitrogen and oxygen atoms in total. The van der Waals surface area contributed by atoms with Crippen LogP contribution in [0.15, 0.2) is 66.9 Å². The molecule has 0 aliphatic carbocycles. The van der Waals surface area contributed by atoms with E-state index in [0.717, 1.165) is 11.6 Å². The average molecular weight is 296 g/mol. The van der Waals surface area contributed by atoms with Gasteiger partial charge in [-0.1, -0.05) is 43.0 Å². The fourth-order valence-corrected chi connectivity index (χ4v) is 1.72. The molecule has 0 aliphatic heterocycles. The Balaban J connectivity index is 1.91. The summed E-state index contributed by atoms with van der Waals surface area (Å²) in [6, 6.07) is 13.4. The van der Waals surface area contributed by atoms with Gasteiger partial charge in [0.1, 0.15) is 11.5 Å². The van der Waals surface area contributed by atoms with E-state index in [1.807, 2.05) is 36.4 Å². The van der Waals surface area contributed by atoms with Crippen LogP contribution in [0, 0.1) is 0 Å². The first kappa shape index (κ1) is 15.2. The van der Waals surface area contributed by atoms with Gasteiger partial charge in [-0.15, -0.1) is 0 Å². The van der Waals surface area contributed by atoms with Crippen LogP contribution in [-0.2, 0) is 0 Å². The molecule has 2 aromatic rings. The number of carbonyl (C=O) groups is 1. The molecule has 0 radical (unpaired) electrons. The first-order chi connectivity index (χ1) is 10.6. The van der Waals surface area contributed by atoms with Crippen molar-refractivity contribution in [3.05, 3.63) is 78.0 Å². The van der Waals surface area contributed by atoms with E-state index in [1.165, 1.54) is 12.1 Å². The van der Waals surface area contributed by atoms with Gasteiger partial charge in [-0.3, -0.25) is 15.6 Å². The number of amides is 1. The lowest BCUT2D eigenvalue weighted by Crippen LogP contribution is -2.35. The Labute approximate surface area is 128 Å². The van der Waals surface area contributed by atoms with E-state index in [9.17, 15) is 15.0 Å². The van der Waals surface area contributed by atoms with Crippen molar-refractivity contribution in [3.8, 4) is 11.5 Å². The van der Waals surface area contributed by atoms with Crippen molar-refractivity contribution in [2.45, 2.75) is 0 Å². The highest BCUT2D eigenvalue weighted by Gasteiger charge is 2.10. The van der Waals surface area contributed by atoms with E-state index in [4.69, 9.17) is 0 Å². The van der Waals surface area contributed by atoms with Crippen LogP contribution in [0.5, 0.6) is 11.5 Å². The van der Waals surface area contributed by atoms with Crippen LogP contribution in [0.4, 0.5) is 0 Å². The van der Waals surface area contributed by atoms with Crippen LogP contribution in [0.1, 0.15) is 15.9 Å². The number of phenolic OH excluding ortho intramolecular Hbond substituents is 2. The summed E-state index contributed by atoms with van der Waals surface area (Å²) in [6.45, 7) is 3.76. The number of nitrogens with one attached hydrogen (secondary N) is 2. The molecule has 0 spiro atoms. The Morgan fingerprint density at radius 1 is 1.05 bits per heavy atom. The van der Waals surface area contributed by atoms with Gasteiger partial charge in [-0.25, -0.2) is 0 Å². The molecular formula is C17H16N2O3. The number of aromatic hydroxyl groups is 2. The molecule has 0 heterocycles. The highest BCUT2D eigenvalue weighted by Crippen LogP contribution is 2.22. The number of hydrogen-bond donors (Lipinski definition) is 4. The number of phenols is 2. The summed E-state index contributed by atoms with van der Waals surface area (Å²) in [5.74, 6) is -0.950. The normalized spacial score (nSPS) is 10.4. The van der Waals surface area contributed by atoms with Crippen LogP contribution >= 0.6 is 0 Å². The van der Waals surface area contributed by atoms with Crippen molar-refractivity contribution in [2.75, 3.05) is 0 Å². The topological polar surface area (TPSA) is 81.6 Å². The molecule has 0 bridgehead atoms. The van der Waals surface area contributed by atoms with Crippen LogP contribution in [-0.4, -0.2) is 16.1 Å². The van der Waals surface area contributed by atoms with Gasteiger partial charge < -0.3 is 10.2 Å². The van der Waals surface area contributed by atoms with Crippen LogP contribution < -0.4 is 10.9 Å². The van der Waals surface area contributed by atoms with E-state index in [-0.39, 0.29) is 17.1 Å². The van der Waals surface area contributed by atoms with Crippen LogP contribution in [0.3, 0.4) is 0 Å². The van der Waals surface area contributed by atoms with E-state index in [0.29, 0.717) is 5.70 Å². The molecule has 112 valence electrons. The molecule has 5 heteroatoms. The molecule has 0 saturated heterocycles. The summed E-state index contributed by atoms with van der Waals surface area (Å²) in [4.78, 5) is 11.9. The van der Waals surface area contributed by atoms with Crippen molar-refractivity contribution >= 4 is 12.0 Å². The zero-order valence-electron chi connectivity index (χ0n) is 11.8. The summed E-state index contributed by atoms with van der Waals surface area (Å²) in [5, 5.41) is 18.8. The Morgan fingerprint density at radius 3 is 2.45 bits per heavy atom. The van der Waals surface area contributed by atoms with E-state index in [1.54, 1.807) is 6.08 Å². The predicted molar refractivity (Wildman–Crippen MR) is 85.0 cm³/mol. The number of hydrogen-bond acceptors (Lipinski definition) is 4. The highest BCUT2D eigenvalue weighted by molar-refractivity contribution is 5.96. The van der Waals surface area contributed by atoms with Crippen LogP contribution in [0.25, 0.3) is 6.08 Å². The number of benzene rings is 2. The molecular weight excluding hydrogens is 280 g/mol. The second-order valence-electron chi connectivity index (χ2n) is 4.55. The summed E-state index contributed by atoms with van der Waals surface area (Å²) in [7, 11) is 0. The lowest BCUT2D eigenvalue weighted by molar-refractivity contribution is 0.0937. The molecule has 0 aliphatic rings. The first-order valence-corrected chi connectivity index (χ1v) is 6.56. The fraction of sp³-hybridized carbons (Fsp3) is 0. The zero-order valence-corrected chi connectivity index (χ0v) is 11.8. The minimum atomic E-state index is -0.535. The molecule has 22 heavy (non-hydrogen) atoms. The van der Waals surface area contributed by atoms with Gasteiger partial charge >= 0.3 is 0 Å². The number of hydrazine groups is 1. The number of carbonyl (C=O) groups excluding carboxylic acids is 1. The molecule has 2 aromatic carbocycles. The molecule has 0 aromatic heterocycles. The lowest BCUT2D eigenvalue weighted by Gasteiger charge is -2.09. The van der Waals surface area contributed by atoms with Crippen molar-refractivity contribution in [1.29, 1.82) is 0 Å². The summed E-state index contributed by atoms with van der Waals surface area (Å²) >= 11 is 0. The maximum Gasteiger partial charge on any atom is 0.273 e. The highest BCUT2D eigenvalue weighted by atomic mass is 16.3. The molecule has 0 saturated carbocycles. The third-order valence-corrected chi connectivity index (χ3v) is 2.84.